The van der Waals surface area contributed by atoms with Gasteiger partial charge >= 0.3 is 0 Å². The molecule has 1 N–H and O–H groups in total. The Morgan fingerprint density at radius 3 is 2.58 bits per heavy atom. The first-order valence-corrected chi connectivity index (χ1v) is 9.70. The highest BCUT2D eigenvalue weighted by molar-refractivity contribution is 5.82. The molecule has 6 heteroatoms. The second-order valence-corrected chi connectivity index (χ2v) is 7.65. The van der Waals surface area contributed by atoms with Gasteiger partial charge in [0.1, 0.15) is 0 Å². The Kier molecular flexibility index (Phi) is 6.59. The highest BCUT2D eigenvalue weighted by atomic mass is 19.2. The third kappa shape index (κ3) is 5.01. The largest absolute Gasteiger partial charge is 0.352 e. The number of nitrogens with zero attached hydrogens (tertiary/aromatic N) is 2. The molecule has 0 aliphatic carbocycles. The van der Waals surface area contributed by atoms with Crippen LogP contribution >= 0.6 is 0 Å². The van der Waals surface area contributed by atoms with E-state index in [0.717, 1.165) is 50.9 Å². The van der Waals surface area contributed by atoms with Crippen molar-refractivity contribution < 1.29 is 13.6 Å². The van der Waals surface area contributed by atoms with Gasteiger partial charge in [-0.2, -0.15) is 0 Å². The van der Waals surface area contributed by atoms with Crippen LogP contribution in [0, 0.1) is 11.6 Å². The van der Waals surface area contributed by atoms with Gasteiger partial charge in [0.25, 0.3) is 0 Å². The van der Waals surface area contributed by atoms with E-state index in [2.05, 4.69) is 15.1 Å². The van der Waals surface area contributed by atoms with E-state index in [1.807, 2.05) is 7.05 Å². The monoisotopic (exact) mass is 365 g/mol. The molecule has 1 atom stereocenters. The van der Waals surface area contributed by atoms with Crippen LogP contribution in [-0.4, -0.2) is 54.5 Å². The molecular formula is C20H29F2N3O. The summed E-state index contributed by atoms with van der Waals surface area (Å²) in [5.41, 5.74) is 0.784. The maximum Gasteiger partial charge on any atom is 0.237 e. The summed E-state index contributed by atoms with van der Waals surface area (Å²) >= 11 is 0. The maximum absolute atomic E-state index is 13.3. The number of carbonyl (C=O) groups is 1. The van der Waals surface area contributed by atoms with Gasteiger partial charge in [0.15, 0.2) is 11.6 Å². The van der Waals surface area contributed by atoms with Crippen molar-refractivity contribution in [2.75, 3.05) is 26.7 Å². The summed E-state index contributed by atoms with van der Waals surface area (Å²) in [7, 11) is 2.04. The number of carbonyl (C=O) groups excluding carboxylic acids is 1. The second-order valence-electron chi connectivity index (χ2n) is 7.65. The molecular weight excluding hydrogens is 336 g/mol. The lowest BCUT2D eigenvalue weighted by atomic mass is 10.0. The lowest BCUT2D eigenvalue weighted by molar-refractivity contribution is -0.127. The van der Waals surface area contributed by atoms with Crippen LogP contribution in [0.4, 0.5) is 8.78 Å². The normalized spacial score (nSPS) is 23.6. The van der Waals surface area contributed by atoms with Gasteiger partial charge in [-0.25, -0.2) is 8.78 Å². The Hall–Kier alpha value is -1.53. The van der Waals surface area contributed by atoms with Crippen molar-refractivity contribution in [3.63, 3.8) is 0 Å². The first-order valence-electron chi connectivity index (χ1n) is 9.70. The molecule has 2 aliphatic heterocycles. The van der Waals surface area contributed by atoms with E-state index in [1.165, 1.54) is 25.0 Å². The molecule has 0 radical (unpaired) electrons. The van der Waals surface area contributed by atoms with Crippen LogP contribution in [0.5, 0.6) is 0 Å². The highest BCUT2D eigenvalue weighted by Gasteiger charge is 2.28. The number of likely N-dealkylation sites (N-methyl/N-ethyl adjacent to an activating group) is 1. The van der Waals surface area contributed by atoms with Gasteiger partial charge in [-0.1, -0.05) is 18.9 Å². The van der Waals surface area contributed by atoms with Crippen molar-refractivity contribution >= 4 is 5.91 Å². The van der Waals surface area contributed by atoms with Gasteiger partial charge in [0.05, 0.1) is 6.04 Å². The first-order chi connectivity index (χ1) is 12.5. The summed E-state index contributed by atoms with van der Waals surface area (Å²) in [5, 5.41) is 3.23. The zero-order valence-corrected chi connectivity index (χ0v) is 15.5. The van der Waals surface area contributed by atoms with E-state index in [1.54, 1.807) is 6.07 Å². The second kappa shape index (κ2) is 8.91. The molecule has 0 bridgehead atoms. The molecule has 0 spiro atoms. The van der Waals surface area contributed by atoms with E-state index >= 15 is 0 Å². The summed E-state index contributed by atoms with van der Waals surface area (Å²) in [6.07, 6.45) is 6.23. The van der Waals surface area contributed by atoms with Crippen molar-refractivity contribution in [1.29, 1.82) is 0 Å². The number of amides is 1. The number of hydrogen-bond donors (Lipinski definition) is 1. The van der Waals surface area contributed by atoms with Crippen molar-refractivity contribution in [1.82, 2.24) is 15.1 Å². The molecule has 26 heavy (non-hydrogen) atoms. The Morgan fingerprint density at radius 2 is 1.85 bits per heavy atom. The number of halogens is 2. The van der Waals surface area contributed by atoms with Crippen molar-refractivity contribution in [3.05, 3.63) is 35.4 Å². The van der Waals surface area contributed by atoms with Crippen molar-refractivity contribution in [2.24, 2.45) is 0 Å². The Bertz CT molecular complexity index is 617. The Morgan fingerprint density at radius 1 is 1.08 bits per heavy atom. The van der Waals surface area contributed by atoms with Crippen LogP contribution in [0.15, 0.2) is 18.2 Å². The summed E-state index contributed by atoms with van der Waals surface area (Å²) in [4.78, 5) is 17.0. The SMILES string of the molecule is CN1CCCCCC1C(=O)NC1CCN(Cc2ccc(F)c(F)c2)CC1. The topological polar surface area (TPSA) is 35.6 Å². The molecule has 2 aliphatic rings. The van der Waals surface area contributed by atoms with Crippen molar-refractivity contribution in [2.45, 2.75) is 57.2 Å². The molecule has 1 amide bonds. The standard InChI is InChI=1S/C20H29F2N3O/c1-24-10-4-2-3-5-19(24)20(26)23-16-8-11-25(12-9-16)14-15-6-7-17(21)18(22)13-15/h6-7,13,16,19H,2-5,8-12,14H2,1H3,(H,23,26). The average molecular weight is 365 g/mol. The van der Waals surface area contributed by atoms with Crippen LogP contribution in [-0.2, 0) is 11.3 Å². The number of likely N-dealkylation sites (tertiary alicyclic amines) is 2. The number of benzene rings is 1. The molecule has 2 heterocycles. The van der Waals surface area contributed by atoms with Crippen LogP contribution in [0.1, 0.15) is 44.1 Å². The highest BCUT2D eigenvalue weighted by Crippen LogP contribution is 2.18. The molecule has 2 saturated heterocycles. The number of nitrogens with one attached hydrogen (secondary N) is 1. The molecule has 0 aromatic heterocycles. The van der Waals surface area contributed by atoms with E-state index in [4.69, 9.17) is 0 Å². The molecule has 144 valence electrons. The Balaban J connectivity index is 1.45. The number of piperidine rings is 1. The van der Waals surface area contributed by atoms with E-state index < -0.39 is 11.6 Å². The third-order valence-electron chi connectivity index (χ3n) is 5.65. The minimum atomic E-state index is -0.807. The average Bonchev–Trinajstić information content (AvgIpc) is 2.84. The van der Waals surface area contributed by atoms with Crippen LogP contribution in [0.25, 0.3) is 0 Å². The predicted molar refractivity (Wildman–Crippen MR) is 97.7 cm³/mol. The summed E-state index contributed by atoms with van der Waals surface area (Å²) in [6, 6.07) is 4.29. The number of rotatable bonds is 4. The molecule has 3 rings (SSSR count). The third-order valence-corrected chi connectivity index (χ3v) is 5.65. The van der Waals surface area contributed by atoms with Gasteiger partial charge in [-0.15, -0.1) is 0 Å². The maximum atomic E-state index is 13.3. The lowest BCUT2D eigenvalue weighted by Gasteiger charge is -2.34. The van der Waals surface area contributed by atoms with Gasteiger partial charge in [0, 0.05) is 25.7 Å². The molecule has 1 unspecified atom stereocenters. The molecule has 0 saturated carbocycles. The van der Waals surface area contributed by atoms with Crippen LogP contribution < -0.4 is 5.32 Å². The van der Waals surface area contributed by atoms with E-state index in [0.29, 0.717) is 6.54 Å². The van der Waals surface area contributed by atoms with Gasteiger partial charge < -0.3 is 5.32 Å². The van der Waals surface area contributed by atoms with Gasteiger partial charge in [0.2, 0.25) is 5.91 Å². The zero-order chi connectivity index (χ0) is 18.5. The molecule has 4 nitrogen and oxygen atoms in total. The fraction of sp³-hybridized carbons (Fsp3) is 0.650. The Labute approximate surface area is 154 Å². The fourth-order valence-corrected chi connectivity index (χ4v) is 4.01. The van der Waals surface area contributed by atoms with Crippen LogP contribution in [0.2, 0.25) is 0 Å². The minimum Gasteiger partial charge on any atom is -0.352 e. The van der Waals surface area contributed by atoms with Crippen molar-refractivity contribution in [3.8, 4) is 0 Å². The molecule has 2 fully saturated rings. The molecule has 1 aromatic carbocycles. The molecule has 1 aromatic rings. The lowest BCUT2D eigenvalue weighted by Crippen LogP contribution is -2.51. The van der Waals surface area contributed by atoms with Gasteiger partial charge in [-0.05, 0) is 57.0 Å². The summed E-state index contributed by atoms with van der Waals surface area (Å²) < 4.78 is 26.4. The van der Waals surface area contributed by atoms with E-state index in [9.17, 15) is 13.6 Å². The zero-order valence-electron chi connectivity index (χ0n) is 15.5. The first kappa shape index (κ1) is 19.2. The quantitative estimate of drug-likeness (QED) is 0.891. The predicted octanol–water partition coefficient (Wildman–Crippen LogP) is 2.92. The van der Waals surface area contributed by atoms with Crippen LogP contribution in [0.3, 0.4) is 0 Å². The summed E-state index contributed by atoms with van der Waals surface area (Å²) in [5.74, 6) is -1.44. The minimum absolute atomic E-state index is 0.00211. The summed E-state index contributed by atoms with van der Waals surface area (Å²) in [6.45, 7) is 3.31. The van der Waals surface area contributed by atoms with E-state index in [-0.39, 0.29) is 18.0 Å². The fourth-order valence-electron chi connectivity index (χ4n) is 4.01. The number of hydrogen-bond acceptors (Lipinski definition) is 3. The van der Waals surface area contributed by atoms with Gasteiger partial charge in [-0.3, -0.25) is 14.6 Å². The smallest absolute Gasteiger partial charge is 0.237 e.